The average molecular weight is 1380 g/mol. The minimum absolute atomic E-state index is 0.0173. The molecule has 0 spiro atoms. The van der Waals surface area contributed by atoms with E-state index in [1.54, 1.807) is 69.8 Å². The van der Waals surface area contributed by atoms with Gasteiger partial charge in [0.2, 0.25) is 5.88 Å². The van der Waals surface area contributed by atoms with Crippen LogP contribution in [0, 0.1) is 69.2 Å². The Morgan fingerprint density at radius 2 is 0.790 bits per heavy atom. The molecule has 0 aliphatic carbocycles. The van der Waals surface area contributed by atoms with Gasteiger partial charge in [-0.15, -0.1) is 0 Å². The largest absolute Gasteiger partial charge is 0.508 e. The molecular weight excluding hydrogens is 1250 g/mol. The molecule has 0 unspecified atom stereocenters. The van der Waals surface area contributed by atoms with E-state index in [2.05, 4.69) is 44.9 Å². The van der Waals surface area contributed by atoms with Crippen LogP contribution in [0.4, 0.5) is 0 Å². The highest BCUT2D eigenvalue weighted by Crippen LogP contribution is 2.27. The van der Waals surface area contributed by atoms with Crippen molar-refractivity contribution in [3.63, 3.8) is 0 Å². The lowest BCUT2D eigenvalue weighted by molar-refractivity contribution is 0.441. The van der Waals surface area contributed by atoms with Crippen molar-refractivity contribution < 1.29 is 33.8 Å². The number of aromatic amines is 4. The van der Waals surface area contributed by atoms with Crippen molar-refractivity contribution in [2.24, 2.45) is 0 Å². The van der Waals surface area contributed by atoms with Crippen molar-refractivity contribution in [3.8, 4) is 28.9 Å². The second-order valence-electron chi connectivity index (χ2n) is 27.5. The maximum atomic E-state index is 11.4. The second kappa shape index (κ2) is 43.2. The molecule has 0 atom stereocenters. The third kappa shape index (κ3) is 31.6. The average Bonchev–Trinajstić information content (AvgIpc) is 0.819. The SMILES string of the molecule is Cc1cc(=O)c(C(C)C)c[nH]1.Cc1cc(=O)c(C(C)C)c[nH]1.Cc1cc(C(C)C)c(=O)[nH]c1C.Cc1ccc(C(C)C)c(=O)[nH]1.Cc1cnc(C(C)C)c(O)c1.Cc1cnc(C(C)C)c(O)c1.[2H]c1c(C)nc(O)c(C(C)C)c1[2H].[2H]c1nc(C(C)C)c(O)c([2H])c1C.[2H]c1nc(C)c([2H])c(O)c1C(C)C. The van der Waals surface area contributed by atoms with Crippen molar-refractivity contribution in [1.82, 2.24) is 44.9 Å². The van der Waals surface area contributed by atoms with Gasteiger partial charge in [0, 0.05) is 123 Å². The number of nitrogens with one attached hydrogen (secondary N) is 4. The molecule has 0 saturated heterocycles. The van der Waals surface area contributed by atoms with E-state index in [1.165, 1.54) is 0 Å². The molecule has 18 nitrogen and oxygen atoms in total. The van der Waals surface area contributed by atoms with Crippen LogP contribution in [0.5, 0.6) is 28.9 Å². The van der Waals surface area contributed by atoms with Crippen molar-refractivity contribution >= 4 is 0 Å². The fourth-order valence-corrected chi connectivity index (χ4v) is 8.90. The van der Waals surface area contributed by atoms with E-state index in [-0.39, 0.29) is 105 Å². The van der Waals surface area contributed by atoms with Crippen LogP contribution in [0.2, 0.25) is 0 Å². The van der Waals surface area contributed by atoms with E-state index in [9.17, 15) is 44.7 Å². The topological polar surface area (TPSA) is 297 Å². The number of rotatable bonds is 9. The Kier molecular flexibility index (Phi) is 33.6. The number of hydrogen-bond donors (Lipinski definition) is 9. The van der Waals surface area contributed by atoms with Crippen LogP contribution in [0.3, 0.4) is 0 Å². The summed E-state index contributed by atoms with van der Waals surface area (Å²) in [5.41, 5.74) is 14.7. The lowest BCUT2D eigenvalue weighted by Crippen LogP contribution is -2.15. The monoisotopic (exact) mass is 1380 g/mol. The van der Waals surface area contributed by atoms with E-state index >= 15 is 0 Å². The molecule has 9 rings (SSSR count). The van der Waals surface area contributed by atoms with Gasteiger partial charge >= 0.3 is 0 Å². The number of pyridine rings is 9. The van der Waals surface area contributed by atoms with Crippen molar-refractivity contribution in [2.45, 2.75) is 247 Å². The zero-order valence-corrected chi connectivity index (χ0v) is 64.7. The number of hydrogen-bond acceptors (Lipinski definition) is 14. The molecule has 9 aromatic heterocycles. The smallest absolute Gasteiger partial charge is 0.251 e. The number of H-pyrrole nitrogens is 4. The van der Waals surface area contributed by atoms with Crippen LogP contribution < -0.4 is 22.0 Å². The summed E-state index contributed by atoms with van der Waals surface area (Å²) < 4.78 is 45.1. The zero-order valence-electron chi connectivity index (χ0n) is 70.7. The molecule has 0 aliphatic rings. The highest BCUT2D eigenvalue weighted by molar-refractivity contribution is 5.35. The predicted octanol–water partition coefficient (Wildman–Crippen LogP) is 18.6. The quantitative estimate of drug-likeness (QED) is 0.0649. The van der Waals surface area contributed by atoms with Crippen molar-refractivity contribution in [3.05, 3.63) is 252 Å². The first-order valence-electron chi connectivity index (χ1n) is 37.0. The first kappa shape index (κ1) is 77.9. The van der Waals surface area contributed by atoms with Gasteiger partial charge < -0.3 is 45.5 Å². The molecule has 0 aliphatic heterocycles. The first-order chi connectivity index (χ1) is 48.9. The molecule has 18 heteroatoms. The van der Waals surface area contributed by atoms with Crippen LogP contribution in [0.1, 0.15) is 293 Å². The van der Waals surface area contributed by atoms with Gasteiger partial charge in [0.05, 0.1) is 25.3 Å². The van der Waals surface area contributed by atoms with Gasteiger partial charge in [0.25, 0.3) is 11.1 Å². The molecule has 9 aromatic rings. The van der Waals surface area contributed by atoms with Crippen LogP contribution in [-0.4, -0.2) is 70.4 Å². The zero-order chi connectivity index (χ0) is 82.0. The number of aromatic nitrogens is 9. The van der Waals surface area contributed by atoms with Crippen molar-refractivity contribution in [2.75, 3.05) is 0 Å². The maximum absolute atomic E-state index is 11.4. The molecule has 9 heterocycles. The summed E-state index contributed by atoms with van der Waals surface area (Å²) in [5.74, 6) is 2.16. The summed E-state index contributed by atoms with van der Waals surface area (Å²) in [6, 6.07) is 12.8. The van der Waals surface area contributed by atoms with Gasteiger partial charge in [-0.1, -0.05) is 137 Å². The number of aryl methyl sites for hydroxylation is 9. The fourth-order valence-electron chi connectivity index (χ4n) is 8.90. The van der Waals surface area contributed by atoms with Crippen LogP contribution in [0.15, 0.2) is 123 Å². The first-order valence-corrected chi connectivity index (χ1v) is 34.0. The Labute approximate surface area is 603 Å². The third-order valence-electron chi connectivity index (χ3n) is 14.8. The summed E-state index contributed by atoms with van der Waals surface area (Å²) in [4.78, 5) is 76.6. The van der Waals surface area contributed by atoms with Gasteiger partial charge in [-0.25, -0.2) is 4.98 Å². The highest BCUT2D eigenvalue weighted by atomic mass is 16.3. The molecule has 546 valence electrons. The summed E-state index contributed by atoms with van der Waals surface area (Å²) in [5, 5.41) is 47.4. The molecule has 0 amide bonds. The van der Waals surface area contributed by atoms with E-state index in [1.807, 2.05) is 191 Å². The Balaban J connectivity index is 0.000000597. The molecular formula is C82H119N9O9. The van der Waals surface area contributed by atoms with Gasteiger partial charge in [0.15, 0.2) is 10.9 Å². The third-order valence-corrected chi connectivity index (χ3v) is 14.8. The lowest BCUT2D eigenvalue weighted by atomic mass is 10.0. The molecule has 0 fully saturated rings. The van der Waals surface area contributed by atoms with Crippen LogP contribution >= 0.6 is 0 Å². The molecule has 0 bridgehead atoms. The van der Waals surface area contributed by atoms with Crippen LogP contribution in [-0.2, 0) is 0 Å². The summed E-state index contributed by atoms with van der Waals surface area (Å²) in [6.45, 7) is 53.6. The lowest BCUT2D eigenvalue weighted by Gasteiger charge is -2.06. The Morgan fingerprint density at radius 1 is 0.370 bits per heavy atom. The minimum atomic E-state index is -0.117. The van der Waals surface area contributed by atoms with E-state index < -0.39 is 0 Å². The molecule has 100 heavy (non-hydrogen) atoms. The molecule has 9 N–H and O–H groups in total. The van der Waals surface area contributed by atoms with Gasteiger partial charge in [-0.2, -0.15) is 0 Å². The Morgan fingerprint density at radius 3 is 1.18 bits per heavy atom. The highest BCUT2D eigenvalue weighted by Gasteiger charge is 2.12. The second-order valence-corrected chi connectivity index (χ2v) is 27.5. The van der Waals surface area contributed by atoms with Gasteiger partial charge in [0.1, 0.15) is 23.0 Å². The van der Waals surface area contributed by atoms with E-state index in [0.717, 1.165) is 73.1 Å². The Bertz CT molecular complexity index is 4300. The maximum Gasteiger partial charge on any atom is 0.251 e. The fraction of sp³-hybridized carbons (Fsp3) is 0.451. The number of aromatic hydroxyl groups is 5. The standard InChI is InChI=1S/C10H15NO.8C9H13NO/c1-6(2)9-5-7(3)8(4)11-10(9)12;3*1-6(2)8-5-10-7(3)4-9(8)11;3*1-6(2)9-8(11)4-7(3)5-10-9;2*1-6(2)8-5-4-7(3)10-9(8)11/h5-6H,1-4H3,(H,11,12);3*4-6H,1-3H3,(H,10,11);3*4-6,11H,1-3H3;2*4-6H,1-3H3,(H,10,11)/i;4D,5D;;;4D,5D;;;4D,5D;. The van der Waals surface area contributed by atoms with E-state index in [0.29, 0.717) is 68.9 Å². The van der Waals surface area contributed by atoms with Crippen molar-refractivity contribution in [1.29, 1.82) is 0 Å². The summed E-state index contributed by atoms with van der Waals surface area (Å²) in [7, 11) is 0. The summed E-state index contributed by atoms with van der Waals surface area (Å²) in [6.07, 6.45) is 7.28. The van der Waals surface area contributed by atoms with Gasteiger partial charge in [-0.05, 0) is 181 Å². The normalized spacial score (nSPS) is 11.4. The van der Waals surface area contributed by atoms with E-state index in [4.69, 9.17) is 8.22 Å². The molecule has 0 aromatic carbocycles. The number of nitrogens with zero attached hydrogens (tertiary/aromatic N) is 5. The van der Waals surface area contributed by atoms with Crippen LogP contribution in [0.25, 0.3) is 0 Å². The Hall–Kier alpha value is -9.45. The molecule has 0 radical (unpaired) electrons. The summed E-state index contributed by atoms with van der Waals surface area (Å²) >= 11 is 0. The minimum Gasteiger partial charge on any atom is -0.508 e. The predicted molar refractivity (Wildman–Crippen MR) is 412 cm³/mol. The molecule has 0 saturated carbocycles. The van der Waals surface area contributed by atoms with Gasteiger partial charge in [-0.3, -0.25) is 39.1 Å².